The number of benzene rings is 1. The number of likely N-dealkylation sites (tertiary alicyclic amines) is 1. The van der Waals surface area contributed by atoms with E-state index in [-0.39, 0.29) is 6.10 Å². The molecule has 0 radical (unpaired) electrons. The number of aliphatic hydroxyl groups excluding tert-OH is 1. The van der Waals surface area contributed by atoms with E-state index >= 15 is 0 Å². The lowest BCUT2D eigenvalue weighted by Gasteiger charge is -2.29. The Kier molecular flexibility index (Phi) is 3.62. The molecule has 1 aliphatic rings. The Hall–Kier alpha value is -0.570. The highest BCUT2D eigenvalue weighted by atomic mass is 35.5. The number of rotatable bonds is 2. The zero-order valence-corrected chi connectivity index (χ0v) is 9.45. The number of nitrogens with zero attached hydrogens (tertiary/aromatic N) is 1. The van der Waals surface area contributed by atoms with E-state index in [4.69, 9.17) is 11.6 Å². The van der Waals surface area contributed by atoms with E-state index in [0.29, 0.717) is 0 Å². The zero-order chi connectivity index (χ0) is 10.7. The van der Waals surface area contributed by atoms with Gasteiger partial charge in [-0.2, -0.15) is 0 Å². The van der Waals surface area contributed by atoms with E-state index in [0.717, 1.165) is 37.5 Å². The smallest absolute Gasteiger partial charge is 0.0667 e. The quantitative estimate of drug-likeness (QED) is 0.835. The fourth-order valence-electron chi connectivity index (χ4n) is 2.02. The summed E-state index contributed by atoms with van der Waals surface area (Å²) in [4.78, 5) is 2.29. The van der Waals surface area contributed by atoms with Crippen molar-refractivity contribution in [2.24, 2.45) is 0 Å². The summed E-state index contributed by atoms with van der Waals surface area (Å²) in [5.41, 5.74) is 1.26. The molecule has 3 heteroatoms. The van der Waals surface area contributed by atoms with E-state index in [1.165, 1.54) is 5.56 Å². The lowest BCUT2D eigenvalue weighted by atomic mass is 10.1. The molecule has 1 N–H and O–H groups in total. The fourth-order valence-corrected chi connectivity index (χ4v) is 2.15. The van der Waals surface area contributed by atoms with Crippen LogP contribution in [0.3, 0.4) is 0 Å². The molecule has 2 nitrogen and oxygen atoms in total. The van der Waals surface area contributed by atoms with Crippen LogP contribution in [0.1, 0.15) is 18.4 Å². The van der Waals surface area contributed by atoms with Gasteiger partial charge in [0.15, 0.2) is 0 Å². The minimum atomic E-state index is -0.147. The molecule has 1 aromatic rings. The van der Waals surface area contributed by atoms with Crippen molar-refractivity contribution >= 4 is 11.6 Å². The summed E-state index contributed by atoms with van der Waals surface area (Å²) in [5.74, 6) is 0. The van der Waals surface area contributed by atoms with E-state index in [1.54, 1.807) is 0 Å². The second-order valence-electron chi connectivity index (χ2n) is 4.16. The Labute approximate surface area is 95.5 Å². The number of β-amino-alcohol motifs (C(OH)–C–C–N with tert-alkyl or cyclic N) is 1. The average molecular weight is 226 g/mol. The van der Waals surface area contributed by atoms with Gasteiger partial charge in [0, 0.05) is 18.1 Å². The van der Waals surface area contributed by atoms with E-state index in [9.17, 15) is 5.11 Å². The van der Waals surface area contributed by atoms with Gasteiger partial charge in [0.2, 0.25) is 0 Å². The maximum atomic E-state index is 9.54. The highest BCUT2D eigenvalue weighted by Gasteiger charge is 2.17. The molecule has 0 saturated carbocycles. The SMILES string of the molecule is OC1CCCN(Cc2ccc(Cl)cc2)C1. The van der Waals surface area contributed by atoms with Crippen LogP contribution in [0.5, 0.6) is 0 Å². The third kappa shape index (κ3) is 3.20. The minimum Gasteiger partial charge on any atom is -0.392 e. The van der Waals surface area contributed by atoms with Crippen molar-refractivity contribution in [1.82, 2.24) is 4.90 Å². The first-order chi connectivity index (χ1) is 7.24. The number of aliphatic hydroxyl groups is 1. The lowest BCUT2D eigenvalue weighted by molar-refractivity contribution is 0.0668. The lowest BCUT2D eigenvalue weighted by Crippen LogP contribution is -2.37. The van der Waals surface area contributed by atoms with Gasteiger partial charge in [-0.1, -0.05) is 23.7 Å². The average Bonchev–Trinajstić information content (AvgIpc) is 2.22. The van der Waals surface area contributed by atoms with Gasteiger partial charge < -0.3 is 5.11 Å². The normalized spacial score (nSPS) is 22.9. The van der Waals surface area contributed by atoms with Gasteiger partial charge in [-0.25, -0.2) is 0 Å². The van der Waals surface area contributed by atoms with Gasteiger partial charge in [-0.3, -0.25) is 4.90 Å². The van der Waals surface area contributed by atoms with Crippen LogP contribution in [0, 0.1) is 0 Å². The standard InChI is InChI=1S/C12H16ClNO/c13-11-5-3-10(4-6-11)8-14-7-1-2-12(15)9-14/h3-6,12,15H,1-2,7-9H2. The zero-order valence-electron chi connectivity index (χ0n) is 8.69. The third-order valence-corrected chi connectivity index (χ3v) is 3.05. The first-order valence-corrected chi connectivity index (χ1v) is 5.77. The monoisotopic (exact) mass is 225 g/mol. The Morgan fingerprint density at radius 2 is 2.07 bits per heavy atom. The van der Waals surface area contributed by atoms with E-state index < -0.39 is 0 Å². The van der Waals surface area contributed by atoms with Crippen LogP contribution in [0.4, 0.5) is 0 Å². The number of halogens is 1. The molecule has 0 bridgehead atoms. The number of hydrogen-bond donors (Lipinski definition) is 1. The molecule has 0 spiro atoms. The summed E-state index contributed by atoms with van der Waals surface area (Å²) in [5, 5.41) is 10.3. The highest BCUT2D eigenvalue weighted by molar-refractivity contribution is 6.30. The van der Waals surface area contributed by atoms with Crippen molar-refractivity contribution in [1.29, 1.82) is 0 Å². The Morgan fingerprint density at radius 3 is 2.73 bits per heavy atom. The van der Waals surface area contributed by atoms with Gasteiger partial charge >= 0.3 is 0 Å². The fraction of sp³-hybridized carbons (Fsp3) is 0.500. The van der Waals surface area contributed by atoms with Crippen molar-refractivity contribution in [3.05, 3.63) is 34.9 Å². The van der Waals surface area contributed by atoms with E-state index in [2.05, 4.69) is 4.90 Å². The van der Waals surface area contributed by atoms with Gasteiger partial charge in [0.1, 0.15) is 0 Å². The third-order valence-electron chi connectivity index (χ3n) is 2.80. The van der Waals surface area contributed by atoms with Crippen LogP contribution in [-0.2, 0) is 6.54 Å². The first kappa shape index (κ1) is 10.9. The van der Waals surface area contributed by atoms with Crippen LogP contribution < -0.4 is 0 Å². The molecule has 0 aromatic heterocycles. The largest absolute Gasteiger partial charge is 0.392 e. The van der Waals surface area contributed by atoms with Crippen LogP contribution >= 0.6 is 11.6 Å². The van der Waals surface area contributed by atoms with E-state index in [1.807, 2.05) is 24.3 Å². The summed E-state index contributed by atoms with van der Waals surface area (Å²) in [7, 11) is 0. The molecule has 1 saturated heterocycles. The first-order valence-electron chi connectivity index (χ1n) is 5.39. The molecule has 1 aliphatic heterocycles. The predicted octanol–water partition coefficient (Wildman–Crippen LogP) is 2.30. The Bertz CT molecular complexity index is 312. The van der Waals surface area contributed by atoms with Gasteiger partial charge in [0.25, 0.3) is 0 Å². The highest BCUT2D eigenvalue weighted by Crippen LogP contribution is 2.15. The topological polar surface area (TPSA) is 23.5 Å². The maximum Gasteiger partial charge on any atom is 0.0667 e. The van der Waals surface area contributed by atoms with Crippen molar-refractivity contribution in [3.63, 3.8) is 0 Å². The molecule has 0 aliphatic carbocycles. The van der Waals surface area contributed by atoms with Crippen molar-refractivity contribution in [2.45, 2.75) is 25.5 Å². The van der Waals surface area contributed by atoms with Gasteiger partial charge in [-0.05, 0) is 37.1 Å². The summed E-state index contributed by atoms with van der Waals surface area (Å²) in [6.07, 6.45) is 1.89. The molecular formula is C12H16ClNO. The second-order valence-corrected chi connectivity index (χ2v) is 4.59. The molecule has 15 heavy (non-hydrogen) atoms. The second kappa shape index (κ2) is 4.97. The van der Waals surface area contributed by atoms with Crippen LogP contribution in [0.15, 0.2) is 24.3 Å². The number of piperidine rings is 1. The number of hydrogen-bond acceptors (Lipinski definition) is 2. The molecule has 1 heterocycles. The summed E-state index contributed by atoms with van der Waals surface area (Å²) in [6.45, 7) is 2.79. The summed E-state index contributed by atoms with van der Waals surface area (Å²) < 4.78 is 0. The van der Waals surface area contributed by atoms with Crippen molar-refractivity contribution < 1.29 is 5.11 Å². The molecule has 82 valence electrons. The van der Waals surface area contributed by atoms with Crippen LogP contribution in [0.2, 0.25) is 5.02 Å². The molecule has 1 fully saturated rings. The maximum absolute atomic E-state index is 9.54. The van der Waals surface area contributed by atoms with Gasteiger partial charge in [-0.15, -0.1) is 0 Å². The van der Waals surface area contributed by atoms with Crippen LogP contribution in [-0.4, -0.2) is 29.2 Å². The molecule has 1 atom stereocenters. The Morgan fingerprint density at radius 1 is 1.33 bits per heavy atom. The summed E-state index contributed by atoms with van der Waals surface area (Å²) >= 11 is 5.82. The molecule has 1 unspecified atom stereocenters. The molecule has 1 aromatic carbocycles. The van der Waals surface area contributed by atoms with Crippen molar-refractivity contribution in [3.8, 4) is 0 Å². The molecular weight excluding hydrogens is 210 g/mol. The predicted molar refractivity (Wildman–Crippen MR) is 62.0 cm³/mol. The molecule has 2 rings (SSSR count). The Balaban J connectivity index is 1.93. The minimum absolute atomic E-state index is 0.147. The molecule has 0 amide bonds. The van der Waals surface area contributed by atoms with Crippen LogP contribution in [0.25, 0.3) is 0 Å². The summed E-state index contributed by atoms with van der Waals surface area (Å²) in [6, 6.07) is 7.92. The van der Waals surface area contributed by atoms with Gasteiger partial charge in [0.05, 0.1) is 6.10 Å². The van der Waals surface area contributed by atoms with Crippen molar-refractivity contribution in [2.75, 3.05) is 13.1 Å².